The van der Waals surface area contributed by atoms with Gasteiger partial charge in [-0.15, -0.1) is 0 Å². The van der Waals surface area contributed by atoms with Crippen molar-refractivity contribution in [2.24, 2.45) is 0 Å². The Morgan fingerprint density at radius 3 is 2.42 bits per heavy atom. The SMILES string of the molecule is CSCCCNCc1cc(-c2cccc(C)c2)c2cc(C(c3ccc(C)cc3)c3cccnc3)ccc2n1. The second-order valence-corrected chi connectivity index (χ2v) is 10.9. The van der Waals surface area contributed by atoms with Crippen LogP contribution in [0.25, 0.3) is 22.0 Å². The molecule has 0 amide bonds. The summed E-state index contributed by atoms with van der Waals surface area (Å²) in [4.78, 5) is 9.53. The maximum atomic E-state index is 5.08. The van der Waals surface area contributed by atoms with E-state index in [2.05, 4.69) is 109 Å². The number of benzene rings is 3. The van der Waals surface area contributed by atoms with E-state index in [0.717, 1.165) is 30.7 Å². The summed E-state index contributed by atoms with van der Waals surface area (Å²) >= 11 is 1.89. The van der Waals surface area contributed by atoms with Crippen LogP contribution in [0.4, 0.5) is 0 Å². The third-order valence-corrected chi connectivity index (χ3v) is 7.68. The molecular formula is C34H35N3S. The predicted molar refractivity (Wildman–Crippen MR) is 163 cm³/mol. The lowest BCUT2D eigenvalue weighted by Gasteiger charge is -2.20. The number of hydrogen-bond donors (Lipinski definition) is 1. The molecule has 2 heterocycles. The zero-order valence-corrected chi connectivity index (χ0v) is 23.3. The molecule has 1 N–H and O–H groups in total. The minimum atomic E-state index is 0.0943. The van der Waals surface area contributed by atoms with E-state index in [1.807, 2.05) is 30.2 Å². The molecule has 0 saturated carbocycles. The molecule has 1 unspecified atom stereocenters. The van der Waals surface area contributed by atoms with Crippen molar-refractivity contribution >= 4 is 22.7 Å². The summed E-state index contributed by atoms with van der Waals surface area (Å²) in [7, 11) is 0. The quantitative estimate of drug-likeness (QED) is 0.191. The van der Waals surface area contributed by atoms with Crippen LogP contribution in [0.3, 0.4) is 0 Å². The van der Waals surface area contributed by atoms with Crippen LogP contribution >= 0.6 is 11.8 Å². The van der Waals surface area contributed by atoms with Crippen LogP contribution in [0.2, 0.25) is 0 Å². The average Bonchev–Trinajstić information content (AvgIpc) is 2.94. The summed E-state index contributed by atoms with van der Waals surface area (Å²) in [6, 6.07) is 30.9. The third-order valence-electron chi connectivity index (χ3n) is 6.98. The van der Waals surface area contributed by atoms with Gasteiger partial charge in [0.25, 0.3) is 0 Å². The first-order chi connectivity index (χ1) is 18.6. The smallest absolute Gasteiger partial charge is 0.0712 e. The molecule has 38 heavy (non-hydrogen) atoms. The molecule has 3 nitrogen and oxygen atoms in total. The van der Waals surface area contributed by atoms with Gasteiger partial charge in [0.15, 0.2) is 0 Å². The second kappa shape index (κ2) is 12.4. The fraction of sp³-hybridized carbons (Fsp3) is 0.235. The van der Waals surface area contributed by atoms with Gasteiger partial charge >= 0.3 is 0 Å². The van der Waals surface area contributed by atoms with E-state index in [1.54, 1.807) is 0 Å². The van der Waals surface area contributed by atoms with Gasteiger partial charge in [-0.25, -0.2) is 0 Å². The second-order valence-electron chi connectivity index (χ2n) is 9.96. The molecule has 4 heteroatoms. The number of thioether (sulfide) groups is 1. The third kappa shape index (κ3) is 6.15. The van der Waals surface area contributed by atoms with Crippen molar-refractivity contribution in [2.45, 2.75) is 32.7 Å². The summed E-state index contributed by atoms with van der Waals surface area (Å²) in [6.07, 6.45) is 7.15. The van der Waals surface area contributed by atoms with Crippen molar-refractivity contribution in [3.05, 3.63) is 131 Å². The summed E-state index contributed by atoms with van der Waals surface area (Å²) in [5.74, 6) is 1.27. The van der Waals surface area contributed by atoms with Crippen LogP contribution in [0, 0.1) is 13.8 Å². The average molecular weight is 518 g/mol. The van der Waals surface area contributed by atoms with E-state index in [0.29, 0.717) is 0 Å². The molecule has 1 atom stereocenters. The molecule has 0 saturated heterocycles. The minimum absolute atomic E-state index is 0.0943. The van der Waals surface area contributed by atoms with Crippen molar-refractivity contribution in [3.8, 4) is 11.1 Å². The maximum Gasteiger partial charge on any atom is 0.0712 e. The Bertz CT molecular complexity index is 1500. The lowest BCUT2D eigenvalue weighted by molar-refractivity contribution is 0.669. The summed E-state index contributed by atoms with van der Waals surface area (Å²) in [5, 5.41) is 4.77. The molecule has 5 rings (SSSR count). The van der Waals surface area contributed by atoms with Gasteiger partial charge in [-0.2, -0.15) is 11.8 Å². The van der Waals surface area contributed by atoms with Crippen molar-refractivity contribution < 1.29 is 0 Å². The minimum Gasteiger partial charge on any atom is -0.311 e. The molecule has 0 spiro atoms. The maximum absolute atomic E-state index is 5.08. The van der Waals surface area contributed by atoms with Gasteiger partial charge in [0.1, 0.15) is 0 Å². The van der Waals surface area contributed by atoms with Crippen molar-refractivity contribution in [1.29, 1.82) is 0 Å². The highest BCUT2D eigenvalue weighted by Crippen LogP contribution is 2.36. The number of pyridine rings is 2. The summed E-state index contributed by atoms with van der Waals surface area (Å²) in [5.41, 5.74) is 10.8. The number of aryl methyl sites for hydroxylation is 2. The highest BCUT2D eigenvalue weighted by molar-refractivity contribution is 7.98. The highest BCUT2D eigenvalue weighted by atomic mass is 32.2. The van der Waals surface area contributed by atoms with Crippen LogP contribution in [0.1, 0.15) is 45.8 Å². The van der Waals surface area contributed by atoms with E-state index in [1.165, 1.54) is 50.1 Å². The number of rotatable bonds is 10. The van der Waals surface area contributed by atoms with Gasteiger partial charge in [-0.05, 0) is 90.9 Å². The summed E-state index contributed by atoms with van der Waals surface area (Å²) < 4.78 is 0. The molecule has 5 aromatic rings. The van der Waals surface area contributed by atoms with Gasteiger partial charge in [-0.3, -0.25) is 9.97 Å². The van der Waals surface area contributed by atoms with E-state index in [4.69, 9.17) is 4.98 Å². The van der Waals surface area contributed by atoms with E-state index >= 15 is 0 Å². The zero-order chi connectivity index (χ0) is 26.3. The zero-order valence-electron chi connectivity index (χ0n) is 22.4. The number of aromatic nitrogens is 2. The van der Waals surface area contributed by atoms with E-state index < -0.39 is 0 Å². The van der Waals surface area contributed by atoms with Crippen molar-refractivity contribution in [1.82, 2.24) is 15.3 Å². The molecule has 3 aromatic carbocycles. The largest absolute Gasteiger partial charge is 0.311 e. The van der Waals surface area contributed by atoms with Gasteiger partial charge in [0, 0.05) is 30.2 Å². The van der Waals surface area contributed by atoms with Crippen LogP contribution in [0.5, 0.6) is 0 Å². The molecular weight excluding hydrogens is 482 g/mol. The number of hydrogen-bond acceptors (Lipinski definition) is 4. The van der Waals surface area contributed by atoms with Crippen LogP contribution < -0.4 is 5.32 Å². The van der Waals surface area contributed by atoms with Gasteiger partial charge in [0.2, 0.25) is 0 Å². The Morgan fingerprint density at radius 1 is 0.816 bits per heavy atom. The molecule has 192 valence electrons. The number of nitrogens with one attached hydrogen (secondary N) is 1. The molecule has 0 aliphatic rings. The first-order valence-electron chi connectivity index (χ1n) is 13.3. The summed E-state index contributed by atoms with van der Waals surface area (Å²) in [6.45, 7) is 6.06. The van der Waals surface area contributed by atoms with Gasteiger partial charge in [-0.1, -0.05) is 71.8 Å². The normalized spacial score (nSPS) is 12.1. The first kappa shape index (κ1) is 26.1. The molecule has 2 aromatic heterocycles. The number of fused-ring (bicyclic) bond motifs is 1. The van der Waals surface area contributed by atoms with Crippen LogP contribution in [0.15, 0.2) is 97.3 Å². The Kier molecular flexibility index (Phi) is 8.52. The first-order valence-corrected chi connectivity index (χ1v) is 14.7. The predicted octanol–water partition coefficient (Wildman–Crippen LogP) is 7.94. The fourth-order valence-corrected chi connectivity index (χ4v) is 5.49. The number of nitrogens with zero attached hydrogens (tertiary/aromatic N) is 2. The molecule has 0 fully saturated rings. The Labute approximate surface area is 230 Å². The Hall–Kier alpha value is -3.47. The monoisotopic (exact) mass is 517 g/mol. The lowest BCUT2D eigenvalue weighted by atomic mass is 9.84. The van der Waals surface area contributed by atoms with E-state index in [-0.39, 0.29) is 5.92 Å². The Morgan fingerprint density at radius 2 is 1.66 bits per heavy atom. The van der Waals surface area contributed by atoms with Crippen molar-refractivity contribution in [2.75, 3.05) is 18.6 Å². The lowest BCUT2D eigenvalue weighted by Crippen LogP contribution is -2.16. The standard InChI is InChI=1S/C34H35N3S/c1-24-10-12-26(13-11-24)34(29-9-5-16-35-22-29)28-14-15-33-32(20-28)31(27-8-4-7-25(2)19-27)21-30(37-33)23-36-17-6-18-38-3/h4-5,7-16,19-22,34,36H,6,17-18,23H2,1-3H3. The van der Waals surface area contributed by atoms with E-state index in [9.17, 15) is 0 Å². The molecule has 0 aliphatic heterocycles. The molecule has 0 aliphatic carbocycles. The van der Waals surface area contributed by atoms with Crippen LogP contribution in [-0.4, -0.2) is 28.5 Å². The highest BCUT2D eigenvalue weighted by Gasteiger charge is 2.19. The molecule has 0 radical (unpaired) electrons. The van der Waals surface area contributed by atoms with Crippen LogP contribution in [-0.2, 0) is 6.54 Å². The van der Waals surface area contributed by atoms with Crippen molar-refractivity contribution in [3.63, 3.8) is 0 Å². The fourth-order valence-electron chi connectivity index (χ4n) is 5.06. The molecule has 0 bridgehead atoms. The topological polar surface area (TPSA) is 37.8 Å². The van der Waals surface area contributed by atoms with Gasteiger partial charge in [0.05, 0.1) is 11.2 Å². The Balaban J connectivity index is 1.62. The van der Waals surface area contributed by atoms with Gasteiger partial charge < -0.3 is 5.32 Å².